The van der Waals surface area contributed by atoms with Gasteiger partial charge in [0.15, 0.2) is 0 Å². The molecule has 1 unspecified atom stereocenters. The summed E-state index contributed by atoms with van der Waals surface area (Å²) >= 11 is 12.1. The van der Waals surface area contributed by atoms with Gasteiger partial charge in [0.2, 0.25) is 0 Å². The van der Waals surface area contributed by atoms with Gasteiger partial charge in [-0.1, -0.05) is 41.4 Å². The van der Waals surface area contributed by atoms with E-state index in [4.69, 9.17) is 27.9 Å². The number of halogens is 2. The Morgan fingerprint density at radius 2 is 1.75 bits per heavy atom. The monoisotopic (exact) mass is 524 g/mol. The van der Waals surface area contributed by atoms with Crippen molar-refractivity contribution in [3.05, 3.63) is 105 Å². The Balaban J connectivity index is 1.73. The number of pyridine rings is 1. The van der Waals surface area contributed by atoms with Crippen molar-refractivity contribution in [2.24, 2.45) is 0 Å². The van der Waals surface area contributed by atoms with Crippen molar-refractivity contribution < 1.29 is 24.2 Å². The molecule has 9 heteroatoms. The standard InChI is InChI=1S/C27H22Cl2N2O5/c1-15(2)36-27(35)17-7-5-16(6-8-17)14-31-23(19-4-3-11-30-13-19)22(25(33)26(31)34)24(32)18-9-10-20(28)21(29)12-18/h3-13,15,23,32H,14H2,1-2H3/b24-22-. The summed E-state index contributed by atoms with van der Waals surface area (Å²) in [6, 6.07) is 13.6. The third-order valence-corrected chi connectivity index (χ3v) is 6.36. The lowest BCUT2D eigenvalue weighted by atomic mass is 9.96. The maximum Gasteiger partial charge on any atom is 0.338 e. The number of hydrogen-bond acceptors (Lipinski definition) is 6. The lowest BCUT2D eigenvalue weighted by Gasteiger charge is -2.25. The minimum atomic E-state index is -0.890. The number of aliphatic hydroxyl groups is 1. The average Bonchev–Trinajstić information content (AvgIpc) is 3.10. The van der Waals surface area contributed by atoms with Crippen LogP contribution in [-0.2, 0) is 20.9 Å². The zero-order valence-corrected chi connectivity index (χ0v) is 21.0. The van der Waals surface area contributed by atoms with Gasteiger partial charge in [0, 0.05) is 24.5 Å². The highest BCUT2D eigenvalue weighted by Crippen LogP contribution is 2.40. The molecular formula is C27H22Cl2N2O5. The van der Waals surface area contributed by atoms with E-state index in [0.717, 1.165) is 0 Å². The number of esters is 1. The third kappa shape index (κ3) is 5.12. The number of aromatic nitrogens is 1. The number of nitrogens with zero attached hydrogens (tertiary/aromatic N) is 2. The van der Waals surface area contributed by atoms with E-state index < -0.39 is 23.7 Å². The maximum absolute atomic E-state index is 13.2. The van der Waals surface area contributed by atoms with Crippen molar-refractivity contribution in [2.75, 3.05) is 0 Å². The molecule has 0 radical (unpaired) electrons. The SMILES string of the molecule is CC(C)OC(=O)c1ccc(CN2C(=O)C(=O)/C(=C(\O)c3ccc(Cl)c(Cl)c3)C2c2cccnc2)cc1. The van der Waals surface area contributed by atoms with Gasteiger partial charge in [0.05, 0.1) is 33.3 Å². The molecule has 1 fully saturated rings. The summed E-state index contributed by atoms with van der Waals surface area (Å²) in [7, 11) is 0. The molecule has 0 aliphatic carbocycles. The van der Waals surface area contributed by atoms with Gasteiger partial charge >= 0.3 is 5.97 Å². The normalized spacial score (nSPS) is 17.0. The van der Waals surface area contributed by atoms with E-state index >= 15 is 0 Å². The molecule has 0 spiro atoms. The first kappa shape index (κ1) is 25.4. The number of benzene rings is 2. The van der Waals surface area contributed by atoms with Crippen LogP contribution in [0.2, 0.25) is 10.0 Å². The third-order valence-electron chi connectivity index (χ3n) is 5.62. The number of Topliss-reactive ketones (excluding diaryl/α,β-unsaturated/α-hetero) is 1. The van der Waals surface area contributed by atoms with Gasteiger partial charge in [0.1, 0.15) is 5.76 Å². The predicted octanol–water partition coefficient (Wildman–Crippen LogP) is 5.58. The molecular weight excluding hydrogens is 503 g/mol. The Hall–Kier alpha value is -3.68. The van der Waals surface area contributed by atoms with Crippen LogP contribution in [0.1, 0.15) is 46.9 Å². The van der Waals surface area contributed by atoms with Crippen molar-refractivity contribution in [1.29, 1.82) is 0 Å². The lowest BCUT2D eigenvalue weighted by molar-refractivity contribution is -0.140. The largest absolute Gasteiger partial charge is 0.507 e. The van der Waals surface area contributed by atoms with Gasteiger partial charge < -0.3 is 14.7 Å². The summed E-state index contributed by atoms with van der Waals surface area (Å²) in [6.45, 7) is 3.58. The highest BCUT2D eigenvalue weighted by atomic mass is 35.5. The summed E-state index contributed by atoms with van der Waals surface area (Å²) in [6.07, 6.45) is 2.86. The number of likely N-dealkylation sites (tertiary alicyclic amines) is 1. The van der Waals surface area contributed by atoms with E-state index in [1.807, 2.05) is 0 Å². The van der Waals surface area contributed by atoms with Crippen LogP contribution in [-0.4, -0.2) is 38.8 Å². The molecule has 1 aromatic heterocycles. The van der Waals surface area contributed by atoms with Gasteiger partial charge in [-0.25, -0.2) is 4.79 Å². The minimum absolute atomic E-state index is 0.0573. The number of aliphatic hydroxyl groups excluding tert-OH is 1. The fourth-order valence-corrected chi connectivity index (χ4v) is 4.25. The van der Waals surface area contributed by atoms with Crippen molar-refractivity contribution in [2.45, 2.75) is 32.5 Å². The molecule has 0 saturated carbocycles. The number of carbonyl (C=O) groups excluding carboxylic acids is 3. The van der Waals surface area contributed by atoms with Crippen LogP contribution in [0.3, 0.4) is 0 Å². The van der Waals surface area contributed by atoms with E-state index in [9.17, 15) is 19.5 Å². The molecule has 36 heavy (non-hydrogen) atoms. The summed E-state index contributed by atoms with van der Waals surface area (Å²) in [4.78, 5) is 43.9. The molecule has 0 bridgehead atoms. The molecule has 1 aliphatic rings. The van der Waals surface area contributed by atoms with Gasteiger partial charge in [-0.2, -0.15) is 0 Å². The molecule has 2 heterocycles. The minimum Gasteiger partial charge on any atom is -0.507 e. The number of ether oxygens (including phenoxy) is 1. The van der Waals surface area contributed by atoms with Crippen molar-refractivity contribution >= 4 is 46.6 Å². The van der Waals surface area contributed by atoms with Gasteiger partial charge in [-0.05, 0) is 61.4 Å². The van der Waals surface area contributed by atoms with Crippen LogP contribution in [0, 0.1) is 0 Å². The molecule has 1 atom stereocenters. The molecule has 1 saturated heterocycles. The zero-order chi connectivity index (χ0) is 26.0. The van der Waals surface area contributed by atoms with Crippen molar-refractivity contribution in [1.82, 2.24) is 9.88 Å². The molecule has 184 valence electrons. The lowest BCUT2D eigenvalue weighted by Crippen LogP contribution is -2.29. The predicted molar refractivity (Wildman–Crippen MR) is 136 cm³/mol. The highest BCUT2D eigenvalue weighted by Gasteiger charge is 2.46. The van der Waals surface area contributed by atoms with Gasteiger partial charge in [-0.15, -0.1) is 0 Å². The van der Waals surface area contributed by atoms with Crippen LogP contribution < -0.4 is 0 Å². The Labute approximate surface area is 217 Å². The molecule has 1 aliphatic heterocycles. The Bertz CT molecular complexity index is 1350. The van der Waals surface area contributed by atoms with E-state index in [-0.39, 0.29) is 34.6 Å². The number of amides is 1. The Kier molecular flexibility index (Phi) is 7.43. The van der Waals surface area contributed by atoms with Crippen molar-refractivity contribution in [3.8, 4) is 0 Å². The smallest absolute Gasteiger partial charge is 0.338 e. The van der Waals surface area contributed by atoms with E-state index in [1.165, 1.54) is 29.3 Å². The van der Waals surface area contributed by atoms with E-state index in [0.29, 0.717) is 21.7 Å². The molecule has 7 nitrogen and oxygen atoms in total. The average molecular weight is 525 g/mol. The van der Waals surface area contributed by atoms with Crippen LogP contribution in [0.4, 0.5) is 0 Å². The van der Waals surface area contributed by atoms with Crippen LogP contribution in [0.25, 0.3) is 5.76 Å². The number of hydrogen-bond donors (Lipinski definition) is 1. The second-order valence-corrected chi connectivity index (χ2v) is 9.31. The Morgan fingerprint density at radius 1 is 1.06 bits per heavy atom. The summed E-state index contributed by atoms with van der Waals surface area (Å²) < 4.78 is 5.21. The number of ketones is 1. The number of rotatable bonds is 6. The fourth-order valence-electron chi connectivity index (χ4n) is 3.95. The molecule has 2 aromatic carbocycles. The van der Waals surface area contributed by atoms with Gasteiger partial charge in [0.25, 0.3) is 11.7 Å². The van der Waals surface area contributed by atoms with Crippen LogP contribution in [0.15, 0.2) is 72.6 Å². The maximum atomic E-state index is 13.2. The van der Waals surface area contributed by atoms with Crippen molar-refractivity contribution in [3.63, 3.8) is 0 Å². The summed E-state index contributed by atoms with van der Waals surface area (Å²) in [5.74, 6) is -2.41. The zero-order valence-electron chi connectivity index (χ0n) is 19.4. The van der Waals surface area contributed by atoms with Crippen LogP contribution in [0.5, 0.6) is 0 Å². The molecule has 4 rings (SSSR count). The van der Waals surface area contributed by atoms with E-state index in [2.05, 4.69) is 4.98 Å². The fraction of sp³-hybridized carbons (Fsp3) is 0.185. The van der Waals surface area contributed by atoms with Crippen LogP contribution >= 0.6 is 23.2 Å². The first-order chi connectivity index (χ1) is 17.2. The summed E-state index contributed by atoms with van der Waals surface area (Å²) in [5.41, 5.74) is 1.78. The quantitative estimate of drug-likeness (QED) is 0.196. The summed E-state index contributed by atoms with van der Waals surface area (Å²) in [5, 5.41) is 11.6. The number of carbonyl (C=O) groups is 3. The first-order valence-corrected chi connectivity index (χ1v) is 11.9. The van der Waals surface area contributed by atoms with Gasteiger partial charge in [-0.3, -0.25) is 14.6 Å². The molecule has 1 N–H and O–H groups in total. The second kappa shape index (κ2) is 10.5. The first-order valence-electron chi connectivity index (χ1n) is 11.1. The molecule has 3 aromatic rings. The second-order valence-electron chi connectivity index (χ2n) is 8.49. The topological polar surface area (TPSA) is 96.8 Å². The Morgan fingerprint density at radius 3 is 2.36 bits per heavy atom. The molecule has 1 amide bonds. The highest BCUT2D eigenvalue weighted by molar-refractivity contribution is 6.46. The van der Waals surface area contributed by atoms with E-state index in [1.54, 1.807) is 56.4 Å².